The van der Waals surface area contributed by atoms with Crippen molar-refractivity contribution in [2.45, 2.75) is 12.8 Å². The summed E-state index contributed by atoms with van der Waals surface area (Å²) in [6, 6.07) is 0. The second-order valence-electron chi connectivity index (χ2n) is 2.59. The van der Waals surface area contributed by atoms with Gasteiger partial charge in [-0.3, -0.25) is 9.59 Å². The Kier molecular flexibility index (Phi) is 3.66. The molecule has 1 aromatic rings. The maximum Gasteiger partial charge on any atom is 0.307 e. The lowest BCUT2D eigenvalue weighted by Gasteiger charge is -1.99. The largest absolute Gasteiger partial charge is 0.481 e. The van der Waals surface area contributed by atoms with Crippen LogP contribution in [0.3, 0.4) is 0 Å². The topological polar surface area (TPSA) is 92.4 Å². The fourth-order valence-electron chi connectivity index (χ4n) is 0.853. The van der Waals surface area contributed by atoms with Crippen molar-refractivity contribution in [3.8, 4) is 0 Å². The predicted molar refractivity (Wildman–Crippen MR) is 45.7 cm³/mol. The SMILES string of the molecule is O=C(O)CCCNC(=O)c1ncco1. The summed E-state index contributed by atoms with van der Waals surface area (Å²) in [4.78, 5) is 24.9. The van der Waals surface area contributed by atoms with E-state index >= 15 is 0 Å². The van der Waals surface area contributed by atoms with E-state index in [1.54, 1.807) is 0 Å². The van der Waals surface area contributed by atoms with Crippen LogP contribution < -0.4 is 5.32 Å². The van der Waals surface area contributed by atoms with E-state index in [0.717, 1.165) is 0 Å². The zero-order valence-electron chi connectivity index (χ0n) is 7.40. The van der Waals surface area contributed by atoms with Gasteiger partial charge in [0.1, 0.15) is 6.26 Å². The summed E-state index contributed by atoms with van der Waals surface area (Å²) in [5.41, 5.74) is 0. The quantitative estimate of drug-likeness (QED) is 0.662. The molecule has 76 valence electrons. The van der Waals surface area contributed by atoms with E-state index in [9.17, 15) is 9.59 Å². The van der Waals surface area contributed by atoms with Gasteiger partial charge < -0.3 is 14.8 Å². The molecule has 14 heavy (non-hydrogen) atoms. The Labute approximate surface area is 79.9 Å². The van der Waals surface area contributed by atoms with Crippen LogP contribution in [0, 0.1) is 0 Å². The molecule has 6 nitrogen and oxygen atoms in total. The molecule has 1 heterocycles. The van der Waals surface area contributed by atoms with Gasteiger partial charge >= 0.3 is 11.9 Å². The van der Waals surface area contributed by atoms with E-state index in [2.05, 4.69) is 10.3 Å². The molecule has 0 aliphatic rings. The number of aliphatic carboxylic acids is 1. The zero-order chi connectivity index (χ0) is 10.4. The first-order chi connectivity index (χ1) is 6.70. The van der Waals surface area contributed by atoms with Crippen molar-refractivity contribution in [2.75, 3.05) is 6.54 Å². The summed E-state index contributed by atoms with van der Waals surface area (Å²) >= 11 is 0. The van der Waals surface area contributed by atoms with Crippen LogP contribution in [0.2, 0.25) is 0 Å². The van der Waals surface area contributed by atoms with Crippen LogP contribution in [0.1, 0.15) is 23.5 Å². The lowest BCUT2D eigenvalue weighted by atomic mass is 10.3. The van der Waals surface area contributed by atoms with Crippen LogP contribution in [0.15, 0.2) is 16.9 Å². The summed E-state index contributed by atoms with van der Waals surface area (Å²) in [6.07, 6.45) is 3.09. The first kappa shape index (κ1) is 10.2. The fourth-order valence-corrected chi connectivity index (χ4v) is 0.853. The van der Waals surface area contributed by atoms with Gasteiger partial charge in [0, 0.05) is 13.0 Å². The average Bonchev–Trinajstić information content (AvgIpc) is 2.64. The minimum atomic E-state index is -0.879. The lowest BCUT2D eigenvalue weighted by molar-refractivity contribution is -0.137. The fraction of sp³-hybridized carbons (Fsp3) is 0.375. The van der Waals surface area contributed by atoms with Crippen molar-refractivity contribution in [1.29, 1.82) is 0 Å². The third-order valence-corrected chi connectivity index (χ3v) is 1.48. The van der Waals surface area contributed by atoms with Gasteiger partial charge in [-0.25, -0.2) is 4.98 Å². The number of carboxylic acids is 1. The highest BCUT2D eigenvalue weighted by Crippen LogP contribution is 1.94. The van der Waals surface area contributed by atoms with Gasteiger partial charge in [-0.15, -0.1) is 0 Å². The minimum absolute atomic E-state index is 0.0136. The summed E-state index contributed by atoms with van der Waals surface area (Å²) in [5.74, 6) is -1.32. The highest BCUT2D eigenvalue weighted by atomic mass is 16.4. The number of nitrogens with zero attached hydrogens (tertiary/aromatic N) is 1. The molecule has 0 unspecified atom stereocenters. The van der Waals surface area contributed by atoms with Gasteiger partial charge in [0.15, 0.2) is 0 Å². The molecule has 0 saturated carbocycles. The van der Waals surface area contributed by atoms with Gasteiger partial charge in [0.25, 0.3) is 5.89 Å². The number of rotatable bonds is 5. The highest BCUT2D eigenvalue weighted by molar-refractivity contribution is 5.89. The monoisotopic (exact) mass is 198 g/mol. The van der Waals surface area contributed by atoms with Crippen LogP contribution in [-0.4, -0.2) is 28.5 Å². The molecule has 0 bridgehead atoms. The van der Waals surface area contributed by atoms with Crippen molar-refractivity contribution in [1.82, 2.24) is 10.3 Å². The summed E-state index contributed by atoms with van der Waals surface area (Å²) in [5, 5.41) is 10.8. The molecule has 0 saturated heterocycles. The molecule has 6 heteroatoms. The van der Waals surface area contributed by atoms with E-state index < -0.39 is 11.9 Å². The normalized spacial score (nSPS) is 9.71. The zero-order valence-corrected chi connectivity index (χ0v) is 7.40. The lowest BCUT2D eigenvalue weighted by Crippen LogP contribution is -2.25. The van der Waals surface area contributed by atoms with E-state index in [4.69, 9.17) is 9.52 Å². The Morgan fingerprint density at radius 3 is 2.93 bits per heavy atom. The third-order valence-electron chi connectivity index (χ3n) is 1.48. The van der Waals surface area contributed by atoms with Crippen LogP contribution in [0.4, 0.5) is 0 Å². The van der Waals surface area contributed by atoms with Crippen molar-refractivity contribution in [2.24, 2.45) is 0 Å². The second kappa shape index (κ2) is 5.00. The Balaban J connectivity index is 2.19. The maximum atomic E-state index is 11.1. The number of carboxylic acid groups (broad SMARTS) is 1. The number of hydrogen-bond acceptors (Lipinski definition) is 4. The summed E-state index contributed by atoms with van der Waals surface area (Å²) in [6.45, 7) is 0.299. The molecule has 0 aromatic carbocycles. The number of amides is 1. The summed E-state index contributed by atoms with van der Waals surface area (Å²) < 4.78 is 4.73. The Bertz CT molecular complexity index is 307. The number of carbonyl (C=O) groups excluding carboxylic acids is 1. The second-order valence-corrected chi connectivity index (χ2v) is 2.59. The molecular weight excluding hydrogens is 188 g/mol. The van der Waals surface area contributed by atoms with E-state index in [1.165, 1.54) is 12.5 Å². The molecule has 2 N–H and O–H groups in total. The number of aromatic nitrogens is 1. The third kappa shape index (κ3) is 3.26. The average molecular weight is 198 g/mol. The standard InChI is InChI=1S/C8H10N2O4/c11-6(12)2-1-3-9-7(13)8-10-4-5-14-8/h4-5H,1-3H2,(H,9,13)(H,11,12). The molecule has 0 radical (unpaired) electrons. The molecule has 1 amide bonds. The Morgan fingerprint density at radius 1 is 1.57 bits per heavy atom. The first-order valence-electron chi connectivity index (χ1n) is 4.09. The molecular formula is C8H10N2O4. The molecule has 0 fully saturated rings. The van der Waals surface area contributed by atoms with Gasteiger partial charge in [-0.05, 0) is 6.42 Å². The minimum Gasteiger partial charge on any atom is -0.481 e. The maximum absolute atomic E-state index is 11.1. The van der Waals surface area contributed by atoms with Gasteiger partial charge in [-0.2, -0.15) is 0 Å². The molecule has 0 atom stereocenters. The number of nitrogens with one attached hydrogen (secondary N) is 1. The van der Waals surface area contributed by atoms with E-state index in [0.29, 0.717) is 13.0 Å². The first-order valence-corrected chi connectivity index (χ1v) is 4.09. The van der Waals surface area contributed by atoms with Crippen molar-refractivity contribution in [3.63, 3.8) is 0 Å². The Morgan fingerprint density at radius 2 is 2.36 bits per heavy atom. The van der Waals surface area contributed by atoms with E-state index in [-0.39, 0.29) is 12.3 Å². The van der Waals surface area contributed by atoms with Crippen LogP contribution in [0.25, 0.3) is 0 Å². The van der Waals surface area contributed by atoms with Gasteiger partial charge in [0.2, 0.25) is 0 Å². The summed E-state index contributed by atoms with van der Waals surface area (Å²) in [7, 11) is 0. The molecule has 0 spiro atoms. The van der Waals surface area contributed by atoms with Crippen LogP contribution in [-0.2, 0) is 4.79 Å². The van der Waals surface area contributed by atoms with Crippen molar-refractivity contribution < 1.29 is 19.1 Å². The smallest absolute Gasteiger partial charge is 0.307 e. The Hall–Kier alpha value is -1.85. The molecule has 1 aromatic heterocycles. The molecule has 1 rings (SSSR count). The molecule has 0 aliphatic carbocycles. The van der Waals surface area contributed by atoms with Gasteiger partial charge in [0.05, 0.1) is 6.20 Å². The van der Waals surface area contributed by atoms with Crippen LogP contribution in [0.5, 0.6) is 0 Å². The van der Waals surface area contributed by atoms with E-state index in [1.807, 2.05) is 0 Å². The number of oxazole rings is 1. The van der Waals surface area contributed by atoms with Gasteiger partial charge in [-0.1, -0.05) is 0 Å². The van der Waals surface area contributed by atoms with Crippen molar-refractivity contribution in [3.05, 3.63) is 18.4 Å². The van der Waals surface area contributed by atoms with Crippen molar-refractivity contribution >= 4 is 11.9 Å². The highest BCUT2D eigenvalue weighted by Gasteiger charge is 2.08. The number of hydrogen-bond donors (Lipinski definition) is 2. The number of carbonyl (C=O) groups is 2. The molecule has 0 aliphatic heterocycles. The predicted octanol–water partition coefficient (Wildman–Crippen LogP) is 0.269. The van der Waals surface area contributed by atoms with Crippen LogP contribution >= 0.6 is 0 Å².